The van der Waals surface area contributed by atoms with Crippen LogP contribution in [0.2, 0.25) is 0 Å². The van der Waals surface area contributed by atoms with Crippen LogP contribution in [0.15, 0.2) is 89.3 Å². The van der Waals surface area contributed by atoms with Gasteiger partial charge in [-0.05, 0) is 50.1 Å². The smallest absolute Gasteiger partial charge is 0.344 e. The van der Waals surface area contributed by atoms with E-state index in [2.05, 4.69) is 11.7 Å². The second-order valence-corrected chi connectivity index (χ2v) is 8.21. The van der Waals surface area contributed by atoms with Crippen molar-refractivity contribution in [3.05, 3.63) is 101 Å². The highest BCUT2D eigenvalue weighted by atomic mass is 16.5. The van der Waals surface area contributed by atoms with Crippen molar-refractivity contribution < 1.29 is 19.4 Å². The number of hydrogen-bond donors (Lipinski definition) is 1. The van der Waals surface area contributed by atoms with E-state index in [9.17, 15) is 14.7 Å². The number of carboxylic acid groups (broad SMARTS) is 1. The summed E-state index contributed by atoms with van der Waals surface area (Å²) in [7, 11) is 0. The number of nitrogens with zero attached hydrogens (tertiary/aromatic N) is 3. The Kier molecular flexibility index (Phi) is 7.78. The van der Waals surface area contributed by atoms with Crippen LogP contribution in [0, 0.1) is 0 Å². The maximum atomic E-state index is 13.4. The van der Waals surface area contributed by atoms with Gasteiger partial charge in [0.05, 0.1) is 23.7 Å². The molecule has 1 heterocycles. The van der Waals surface area contributed by atoms with E-state index < -0.39 is 12.1 Å². The largest absolute Gasteiger partial charge is 0.490 e. The average Bonchev–Trinajstić information content (AvgIpc) is 2.90. The van der Waals surface area contributed by atoms with E-state index >= 15 is 0 Å². The predicted molar refractivity (Wildman–Crippen MR) is 144 cm³/mol. The van der Waals surface area contributed by atoms with E-state index in [1.165, 1.54) is 11.6 Å². The van der Waals surface area contributed by atoms with Crippen LogP contribution in [-0.4, -0.2) is 39.7 Å². The third-order valence-electron chi connectivity index (χ3n) is 5.57. The number of ether oxygens (including phenoxy) is 2. The van der Waals surface area contributed by atoms with E-state index in [0.29, 0.717) is 52.4 Å². The second-order valence-electron chi connectivity index (χ2n) is 8.21. The summed E-state index contributed by atoms with van der Waals surface area (Å²) in [5.41, 5.74) is 2.35. The molecule has 188 valence electrons. The minimum Gasteiger partial charge on any atom is -0.490 e. The lowest BCUT2D eigenvalue weighted by Crippen LogP contribution is -2.24. The quantitative estimate of drug-likeness (QED) is 0.246. The first kappa shape index (κ1) is 25.4. The minimum atomic E-state index is -1.09. The number of benzene rings is 3. The standard InChI is InChI=1S/C29H27N3O5/c1-4-11-22-16-20(17-25(36-5-2)26(22)37-19(3)29(34)35)18-30-32-27(21-12-7-6-8-13-21)31-24-15-10-9-14-23(24)28(32)33/h4,6-10,12-19H,1,5,11H2,2-3H3,(H,34,35)/t19-/m0/s1. The zero-order chi connectivity index (χ0) is 26.4. The first-order valence-electron chi connectivity index (χ1n) is 11.8. The van der Waals surface area contributed by atoms with Crippen molar-refractivity contribution in [2.24, 2.45) is 5.10 Å². The van der Waals surface area contributed by atoms with E-state index in [4.69, 9.17) is 14.5 Å². The zero-order valence-electron chi connectivity index (χ0n) is 20.6. The van der Waals surface area contributed by atoms with Crippen LogP contribution in [-0.2, 0) is 11.2 Å². The minimum absolute atomic E-state index is 0.299. The third kappa shape index (κ3) is 5.59. The molecule has 8 nitrogen and oxygen atoms in total. The SMILES string of the molecule is C=CCc1cc(C=Nn2c(-c3ccccc3)nc3ccccc3c2=O)cc(OCC)c1O[C@@H](C)C(=O)O. The molecule has 0 aliphatic rings. The summed E-state index contributed by atoms with van der Waals surface area (Å²) >= 11 is 0. The van der Waals surface area contributed by atoms with Gasteiger partial charge in [-0.2, -0.15) is 9.78 Å². The molecule has 0 amide bonds. The van der Waals surface area contributed by atoms with Crippen LogP contribution in [0.5, 0.6) is 11.5 Å². The molecular weight excluding hydrogens is 470 g/mol. The highest BCUT2D eigenvalue weighted by Gasteiger charge is 2.20. The van der Waals surface area contributed by atoms with Gasteiger partial charge >= 0.3 is 5.97 Å². The molecule has 0 aliphatic carbocycles. The summed E-state index contributed by atoms with van der Waals surface area (Å²) in [4.78, 5) is 29.5. The molecule has 1 aromatic heterocycles. The van der Waals surface area contributed by atoms with Crippen molar-refractivity contribution in [3.8, 4) is 22.9 Å². The summed E-state index contributed by atoms with van der Waals surface area (Å²) in [6.45, 7) is 7.42. The topological polar surface area (TPSA) is 103 Å². The van der Waals surface area contributed by atoms with Crippen molar-refractivity contribution in [1.82, 2.24) is 9.66 Å². The Hall–Kier alpha value is -4.72. The number of aromatic nitrogens is 2. The van der Waals surface area contributed by atoms with Crippen LogP contribution < -0.4 is 15.0 Å². The first-order valence-corrected chi connectivity index (χ1v) is 11.8. The maximum absolute atomic E-state index is 13.4. The van der Waals surface area contributed by atoms with Gasteiger partial charge in [0.1, 0.15) is 0 Å². The molecule has 0 saturated carbocycles. The average molecular weight is 498 g/mol. The van der Waals surface area contributed by atoms with Crippen molar-refractivity contribution in [3.63, 3.8) is 0 Å². The van der Waals surface area contributed by atoms with E-state index in [-0.39, 0.29) is 5.56 Å². The number of rotatable bonds is 10. The molecular formula is C29H27N3O5. The summed E-state index contributed by atoms with van der Waals surface area (Å²) < 4.78 is 12.8. The molecule has 0 bridgehead atoms. The number of allylic oxidation sites excluding steroid dienone is 1. The summed E-state index contributed by atoms with van der Waals surface area (Å²) in [5, 5.41) is 14.3. The number of carboxylic acids is 1. The maximum Gasteiger partial charge on any atom is 0.344 e. The summed E-state index contributed by atoms with van der Waals surface area (Å²) in [5.74, 6) is 0.0355. The molecule has 0 spiro atoms. The summed E-state index contributed by atoms with van der Waals surface area (Å²) in [6.07, 6.45) is 2.58. The Morgan fingerprint density at radius 2 is 1.89 bits per heavy atom. The van der Waals surface area contributed by atoms with Crippen LogP contribution in [0.4, 0.5) is 0 Å². The number of fused-ring (bicyclic) bond motifs is 1. The fraction of sp³-hybridized carbons (Fsp3) is 0.172. The molecule has 0 saturated heterocycles. The number of aliphatic carboxylic acids is 1. The normalized spacial score (nSPS) is 11.9. The van der Waals surface area contributed by atoms with Crippen molar-refractivity contribution in [2.75, 3.05) is 6.61 Å². The molecule has 1 N–H and O–H groups in total. The number of carbonyl (C=O) groups is 1. The lowest BCUT2D eigenvalue weighted by molar-refractivity contribution is -0.144. The Bertz CT molecular complexity index is 1530. The van der Waals surface area contributed by atoms with Gasteiger partial charge in [-0.3, -0.25) is 4.79 Å². The monoisotopic (exact) mass is 497 g/mol. The molecule has 0 fully saturated rings. The van der Waals surface area contributed by atoms with Gasteiger partial charge in [-0.25, -0.2) is 9.78 Å². The van der Waals surface area contributed by atoms with Gasteiger partial charge in [-0.15, -0.1) is 6.58 Å². The van der Waals surface area contributed by atoms with Crippen molar-refractivity contribution >= 4 is 23.1 Å². The lowest BCUT2D eigenvalue weighted by Gasteiger charge is -2.18. The van der Waals surface area contributed by atoms with E-state index in [1.807, 2.05) is 43.3 Å². The molecule has 3 aromatic carbocycles. The number of para-hydroxylation sites is 1. The Morgan fingerprint density at radius 1 is 1.16 bits per heavy atom. The van der Waals surface area contributed by atoms with Gasteiger partial charge in [0.2, 0.25) is 0 Å². The molecule has 0 unspecified atom stereocenters. The van der Waals surface area contributed by atoms with Gasteiger partial charge < -0.3 is 14.6 Å². The van der Waals surface area contributed by atoms with Crippen molar-refractivity contribution in [2.45, 2.75) is 26.4 Å². The van der Waals surface area contributed by atoms with E-state index in [1.54, 1.807) is 42.6 Å². The van der Waals surface area contributed by atoms with Crippen LogP contribution >= 0.6 is 0 Å². The molecule has 0 radical (unpaired) electrons. The third-order valence-corrected chi connectivity index (χ3v) is 5.57. The fourth-order valence-electron chi connectivity index (χ4n) is 3.82. The van der Waals surface area contributed by atoms with Crippen LogP contribution in [0.25, 0.3) is 22.3 Å². The van der Waals surface area contributed by atoms with E-state index in [0.717, 1.165) is 5.56 Å². The molecule has 37 heavy (non-hydrogen) atoms. The molecule has 1 atom stereocenters. The Morgan fingerprint density at radius 3 is 2.59 bits per heavy atom. The van der Waals surface area contributed by atoms with Gasteiger partial charge in [0, 0.05) is 11.1 Å². The lowest BCUT2D eigenvalue weighted by atomic mass is 10.1. The Labute approximate surface area is 214 Å². The molecule has 8 heteroatoms. The van der Waals surface area contributed by atoms with Gasteiger partial charge in [0.15, 0.2) is 23.4 Å². The van der Waals surface area contributed by atoms with Gasteiger partial charge in [0.25, 0.3) is 5.56 Å². The number of hydrogen-bond acceptors (Lipinski definition) is 6. The van der Waals surface area contributed by atoms with Crippen LogP contribution in [0.3, 0.4) is 0 Å². The summed E-state index contributed by atoms with van der Waals surface area (Å²) in [6, 6.07) is 20.0. The van der Waals surface area contributed by atoms with Crippen molar-refractivity contribution in [1.29, 1.82) is 0 Å². The molecule has 4 rings (SSSR count). The second kappa shape index (κ2) is 11.3. The van der Waals surface area contributed by atoms with Crippen LogP contribution in [0.1, 0.15) is 25.0 Å². The molecule has 0 aliphatic heterocycles. The Balaban J connectivity index is 1.85. The van der Waals surface area contributed by atoms with Gasteiger partial charge in [-0.1, -0.05) is 48.5 Å². The highest BCUT2D eigenvalue weighted by Crippen LogP contribution is 2.34. The molecule has 4 aromatic rings. The fourth-order valence-corrected chi connectivity index (χ4v) is 3.82. The predicted octanol–water partition coefficient (Wildman–Crippen LogP) is 4.92. The highest BCUT2D eigenvalue weighted by molar-refractivity contribution is 5.83. The first-order chi connectivity index (χ1) is 17.9. The zero-order valence-corrected chi connectivity index (χ0v) is 20.6.